The van der Waals surface area contributed by atoms with E-state index in [1.165, 1.54) is 44.9 Å². The first-order valence-electron chi connectivity index (χ1n) is 8.74. The molecule has 5 rings (SSSR count). The van der Waals surface area contributed by atoms with E-state index in [0.717, 1.165) is 30.0 Å². The summed E-state index contributed by atoms with van der Waals surface area (Å²) >= 11 is 0. The summed E-state index contributed by atoms with van der Waals surface area (Å²) < 4.78 is 1.95. The summed E-state index contributed by atoms with van der Waals surface area (Å²) in [6.45, 7) is 2.94. The van der Waals surface area contributed by atoms with Gasteiger partial charge in [0, 0.05) is 6.54 Å². The first kappa shape index (κ1) is 13.7. The molecule has 0 saturated heterocycles. The molecule has 0 spiro atoms. The molecule has 1 aromatic heterocycles. The van der Waals surface area contributed by atoms with E-state index >= 15 is 0 Å². The third kappa shape index (κ3) is 2.52. The lowest BCUT2D eigenvalue weighted by Crippen LogP contribution is -2.46. The molecule has 1 heterocycles. The van der Waals surface area contributed by atoms with Crippen LogP contribution in [0.3, 0.4) is 0 Å². The Morgan fingerprint density at radius 3 is 2.43 bits per heavy atom. The van der Waals surface area contributed by atoms with E-state index in [4.69, 9.17) is 0 Å². The zero-order chi connectivity index (χ0) is 14.4. The monoisotopic (exact) mass is 289 g/mol. The molecule has 116 valence electrons. The number of hydrogen-bond acceptors (Lipinski definition) is 3. The van der Waals surface area contributed by atoms with Gasteiger partial charge in [0.15, 0.2) is 0 Å². The second-order valence-corrected chi connectivity index (χ2v) is 8.00. The van der Waals surface area contributed by atoms with Gasteiger partial charge < -0.3 is 5.11 Å². The van der Waals surface area contributed by atoms with Gasteiger partial charge in [0.25, 0.3) is 0 Å². The van der Waals surface area contributed by atoms with Crippen LogP contribution in [0.1, 0.15) is 70.1 Å². The van der Waals surface area contributed by atoms with Crippen LogP contribution in [0.15, 0.2) is 6.20 Å². The van der Waals surface area contributed by atoms with E-state index in [0.29, 0.717) is 11.8 Å². The Balaban J connectivity index is 1.41. The van der Waals surface area contributed by atoms with E-state index in [1.54, 1.807) is 0 Å². The van der Waals surface area contributed by atoms with Crippen LogP contribution in [0.4, 0.5) is 0 Å². The van der Waals surface area contributed by atoms with Crippen LogP contribution in [-0.2, 0) is 6.54 Å². The van der Waals surface area contributed by atoms with Crippen molar-refractivity contribution < 1.29 is 5.11 Å². The van der Waals surface area contributed by atoms with Gasteiger partial charge in [0.05, 0.1) is 12.3 Å². The Bertz CT molecular complexity index is 475. The molecule has 4 heteroatoms. The maximum Gasteiger partial charge on any atom is 0.111 e. The van der Waals surface area contributed by atoms with Crippen molar-refractivity contribution in [2.75, 3.05) is 0 Å². The second kappa shape index (κ2) is 5.08. The highest BCUT2D eigenvalue weighted by molar-refractivity contribution is 5.02. The molecule has 1 aromatic rings. The number of hydrogen-bond donors (Lipinski definition) is 1. The number of aliphatic hydroxyl groups excluding tert-OH is 1. The van der Waals surface area contributed by atoms with E-state index in [2.05, 4.69) is 10.3 Å². The fraction of sp³-hybridized carbons (Fsp3) is 0.882. The largest absolute Gasteiger partial charge is 0.387 e. The Labute approximate surface area is 126 Å². The molecule has 1 atom stereocenters. The minimum absolute atomic E-state index is 0.460. The molecular weight excluding hydrogens is 262 g/mol. The minimum atomic E-state index is -0.460. The highest BCUT2D eigenvalue weighted by Crippen LogP contribution is 2.61. The van der Waals surface area contributed by atoms with Crippen LogP contribution in [-0.4, -0.2) is 20.1 Å². The van der Waals surface area contributed by atoms with Crippen molar-refractivity contribution in [3.05, 3.63) is 11.9 Å². The van der Waals surface area contributed by atoms with Gasteiger partial charge in [-0.25, -0.2) is 0 Å². The molecule has 4 bridgehead atoms. The summed E-state index contributed by atoms with van der Waals surface area (Å²) in [6.07, 6.45) is 12.3. The smallest absolute Gasteiger partial charge is 0.111 e. The first-order chi connectivity index (χ1) is 10.2. The second-order valence-electron chi connectivity index (χ2n) is 8.00. The van der Waals surface area contributed by atoms with Crippen molar-refractivity contribution in [1.29, 1.82) is 0 Å². The van der Waals surface area contributed by atoms with E-state index < -0.39 is 6.10 Å². The van der Waals surface area contributed by atoms with Crippen molar-refractivity contribution in [3.63, 3.8) is 0 Å². The molecule has 1 unspecified atom stereocenters. The Hall–Kier alpha value is -0.900. The first-order valence-corrected chi connectivity index (χ1v) is 8.74. The van der Waals surface area contributed by atoms with E-state index in [1.807, 2.05) is 17.8 Å². The molecule has 0 radical (unpaired) electrons. The van der Waals surface area contributed by atoms with Gasteiger partial charge in [-0.05, 0) is 74.5 Å². The van der Waals surface area contributed by atoms with Gasteiger partial charge in [0.2, 0.25) is 0 Å². The van der Waals surface area contributed by atoms with Gasteiger partial charge >= 0.3 is 0 Å². The highest BCUT2D eigenvalue weighted by atomic mass is 16.3. The minimum Gasteiger partial charge on any atom is -0.387 e. The fourth-order valence-corrected chi connectivity index (χ4v) is 5.73. The van der Waals surface area contributed by atoms with E-state index in [9.17, 15) is 5.11 Å². The Morgan fingerprint density at radius 1 is 1.24 bits per heavy atom. The normalized spacial score (nSPS) is 38.9. The molecule has 0 aliphatic heterocycles. The van der Waals surface area contributed by atoms with Crippen LogP contribution in [0, 0.1) is 23.2 Å². The summed E-state index contributed by atoms with van der Waals surface area (Å²) in [6, 6.07) is 0. The summed E-state index contributed by atoms with van der Waals surface area (Å²) in [7, 11) is 0. The Morgan fingerprint density at radius 2 is 1.86 bits per heavy atom. The Kier molecular flexibility index (Phi) is 3.32. The standard InChI is InChI=1S/C17H27N3O/c1-2-16(21)15-11-20(19-18-15)4-3-17-8-12-5-13(9-17)7-14(6-12)10-17/h11-14,16,21H,2-10H2,1H3. The van der Waals surface area contributed by atoms with Gasteiger partial charge in [0.1, 0.15) is 5.69 Å². The molecule has 4 saturated carbocycles. The molecular formula is C17H27N3O. The SMILES string of the molecule is CCC(O)c1cn(CCC23CC4CC(CC(C4)C2)C3)nn1. The lowest BCUT2D eigenvalue weighted by molar-refractivity contribution is -0.0596. The number of aryl methyl sites for hydroxylation is 1. The highest BCUT2D eigenvalue weighted by Gasteiger charge is 2.50. The molecule has 1 N–H and O–H groups in total. The number of rotatable bonds is 5. The van der Waals surface area contributed by atoms with Gasteiger partial charge in [-0.1, -0.05) is 12.1 Å². The van der Waals surface area contributed by atoms with Crippen LogP contribution < -0.4 is 0 Å². The number of nitrogens with zero attached hydrogens (tertiary/aromatic N) is 3. The topological polar surface area (TPSA) is 50.9 Å². The summed E-state index contributed by atoms with van der Waals surface area (Å²) in [5.74, 6) is 3.05. The maximum absolute atomic E-state index is 9.82. The molecule has 4 fully saturated rings. The third-order valence-corrected chi connectivity index (χ3v) is 6.32. The van der Waals surface area contributed by atoms with Crippen molar-refractivity contribution in [2.45, 2.75) is 70.9 Å². The maximum atomic E-state index is 9.82. The van der Waals surface area contributed by atoms with Crippen molar-refractivity contribution >= 4 is 0 Å². The average Bonchev–Trinajstić information content (AvgIpc) is 2.92. The fourth-order valence-electron chi connectivity index (χ4n) is 5.73. The molecule has 4 nitrogen and oxygen atoms in total. The number of aromatic nitrogens is 3. The summed E-state index contributed by atoms with van der Waals surface area (Å²) in [4.78, 5) is 0. The van der Waals surface area contributed by atoms with Gasteiger partial charge in [-0.15, -0.1) is 5.10 Å². The quantitative estimate of drug-likeness (QED) is 0.904. The predicted molar refractivity (Wildman–Crippen MR) is 80.5 cm³/mol. The zero-order valence-corrected chi connectivity index (χ0v) is 13.0. The lowest BCUT2D eigenvalue weighted by Gasteiger charge is -2.57. The number of aliphatic hydroxyl groups is 1. The van der Waals surface area contributed by atoms with Crippen LogP contribution in [0.2, 0.25) is 0 Å². The van der Waals surface area contributed by atoms with Crippen LogP contribution in [0.5, 0.6) is 0 Å². The molecule has 4 aliphatic rings. The summed E-state index contributed by atoms with van der Waals surface area (Å²) in [5.41, 5.74) is 1.33. The van der Waals surface area contributed by atoms with Gasteiger partial charge in [-0.2, -0.15) is 0 Å². The van der Waals surface area contributed by atoms with Crippen molar-refractivity contribution in [1.82, 2.24) is 15.0 Å². The molecule has 21 heavy (non-hydrogen) atoms. The van der Waals surface area contributed by atoms with Crippen molar-refractivity contribution in [3.8, 4) is 0 Å². The zero-order valence-electron chi connectivity index (χ0n) is 13.0. The molecule has 4 aliphatic carbocycles. The third-order valence-electron chi connectivity index (χ3n) is 6.32. The molecule has 0 aromatic carbocycles. The lowest BCUT2D eigenvalue weighted by atomic mass is 9.49. The summed E-state index contributed by atoms with van der Waals surface area (Å²) in [5, 5.41) is 18.1. The van der Waals surface area contributed by atoms with Crippen molar-refractivity contribution in [2.24, 2.45) is 23.2 Å². The molecule has 0 amide bonds. The average molecular weight is 289 g/mol. The predicted octanol–water partition coefficient (Wildman–Crippen LogP) is 3.33. The van der Waals surface area contributed by atoms with Gasteiger partial charge in [-0.3, -0.25) is 4.68 Å². The van der Waals surface area contributed by atoms with E-state index in [-0.39, 0.29) is 0 Å². The van der Waals surface area contributed by atoms with Crippen LogP contribution >= 0.6 is 0 Å². The van der Waals surface area contributed by atoms with Crippen LogP contribution in [0.25, 0.3) is 0 Å².